The first-order chi connectivity index (χ1) is 9.74. The third-order valence-electron chi connectivity index (χ3n) is 3.09. The molecule has 1 aromatic carbocycles. The van der Waals surface area contributed by atoms with Crippen molar-refractivity contribution in [3.8, 4) is 18.1 Å². The Hall–Kier alpha value is -1.08. The molecule has 1 aromatic rings. The molecule has 1 N–H and O–H groups in total. The Bertz CT molecular complexity index is 543. The van der Waals surface area contributed by atoms with Crippen LogP contribution in [0.4, 0.5) is 0 Å². The van der Waals surface area contributed by atoms with Gasteiger partial charge in [0.25, 0.3) is 0 Å². The zero-order valence-corrected chi connectivity index (χ0v) is 15.0. The van der Waals surface area contributed by atoms with Crippen LogP contribution in [0.25, 0.3) is 5.70 Å². The van der Waals surface area contributed by atoms with Gasteiger partial charge in [-0.3, -0.25) is 0 Å². The average molecular weight is 357 g/mol. The van der Waals surface area contributed by atoms with Gasteiger partial charge in [-0.25, -0.2) is 6.08 Å². The largest absolute Gasteiger partial charge is 0.491 e. The van der Waals surface area contributed by atoms with Gasteiger partial charge < -0.3 is 14.8 Å². The summed E-state index contributed by atoms with van der Waals surface area (Å²) in [7, 11) is 1.65. The number of benzene rings is 1. The maximum Gasteiger partial charge on any atom is 0.116 e. The third-order valence-corrected chi connectivity index (χ3v) is 3.09. The number of terminal acetylenes is 1. The van der Waals surface area contributed by atoms with E-state index in [-0.39, 0.29) is 38.6 Å². The minimum Gasteiger partial charge on any atom is -0.491 e. The van der Waals surface area contributed by atoms with Crippen molar-refractivity contribution in [1.82, 2.24) is 5.32 Å². The van der Waals surface area contributed by atoms with Crippen LogP contribution in [0.3, 0.4) is 0 Å². The second-order valence-electron chi connectivity index (χ2n) is 4.49. The molecule has 1 radical (unpaired) electrons. The SMILES string of the molecule is C#CC1C[C-]=C(c2ccc(OCCOC)cc2)NC1=C.[Y]. The molecule has 0 fully saturated rings. The Balaban J connectivity index is 0.00000220. The first kappa shape index (κ1) is 18.0. The van der Waals surface area contributed by atoms with Crippen LogP contribution in [0.1, 0.15) is 12.0 Å². The summed E-state index contributed by atoms with van der Waals surface area (Å²) in [5, 5.41) is 3.21. The Kier molecular flexibility index (Phi) is 7.74. The van der Waals surface area contributed by atoms with E-state index in [1.807, 2.05) is 24.3 Å². The van der Waals surface area contributed by atoms with Gasteiger partial charge in [-0.15, -0.1) is 24.3 Å². The molecular formula is C17H18NO2Y-. The molecular weight excluding hydrogens is 339 g/mol. The molecule has 4 heteroatoms. The molecule has 1 aliphatic rings. The molecule has 21 heavy (non-hydrogen) atoms. The van der Waals surface area contributed by atoms with Crippen molar-refractivity contribution >= 4 is 5.70 Å². The van der Waals surface area contributed by atoms with Gasteiger partial charge >= 0.3 is 0 Å². The monoisotopic (exact) mass is 357 g/mol. The molecule has 1 atom stereocenters. The number of nitrogens with one attached hydrogen (secondary N) is 1. The molecule has 3 nitrogen and oxygen atoms in total. The van der Waals surface area contributed by atoms with Gasteiger partial charge in [0.15, 0.2) is 0 Å². The molecule has 1 unspecified atom stereocenters. The molecule has 107 valence electrons. The van der Waals surface area contributed by atoms with E-state index in [1.54, 1.807) is 7.11 Å². The zero-order chi connectivity index (χ0) is 14.4. The first-order valence-electron chi connectivity index (χ1n) is 6.49. The topological polar surface area (TPSA) is 30.5 Å². The number of rotatable bonds is 5. The van der Waals surface area contributed by atoms with Gasteiger partial charge in [0.1, 0.15) is 12.4 Å². The van der Waals surface area contributed by atoms with E-state index < -0.39 is 0 Å². The molecule has 0 aliphatic carbocycles. The summed E-state index contributed by atoms with van der Waals surface area (Å²) in [5.41, 5.74) is 2.81. The van der Waals surface area contributed by atoms with Gasteiger partial charge in [-0.05, 0) is 12.1 Å². The second kappa shape index (κ2) is 9.05. The van der Waals surface area contributed by atoms with Crippen molar-refractivity contribution in [1.29, 1.82) is 0 Å². The number of methoxy groups -OCH3 is 1. The summed E-state index contributed by atoms with van der Waals surface area (Å²) in [5.74, 6) is 3.54. The number of allylic oxidation sites excluding steroid dienone is 2. The number of hydrogen-bond acceptors (Lipinski definition) is 3. The summed E-state index contributed by atoms with van der Waals surface area (Å²) >= 11 is 0. The second-order valence-corrected chi connectivity index (χ2v) is 4.49. The Morgan fingerprint density at radius 1 is 1.38 bits per heavy atom. The summed E-state index contributed by atoms with van der Waals surface area (Å²) in [6, 6.07) is 7.83. The van der Waals surface area contributed by atoms with E-state index in [0.717, 1.165) is 22.7 Å². The van der Waals surface area contributed by atoms with Crippen molar-refractivity contribution in [2.75, 3.05) is 20.3 Å². The minimum atomic E-state index is 0. The molecule has 0 aromatic heterocycles. The van der Waals surface area contributed by atoms with Crippen LogP contribution in [0.15, 0.2) is 36.5 Å². The predicted molar refractivity (Wildman–Crippen MR) is 79.7 cm³/mol. The molecule has 0 amide bonds. The Labute approximate surface area is 151 Å². The maximum atomic E-state index is 5.53. The molecule has 0 saturated heterocycles. The summed E-state index contributed by atoms with van der Waals surface area (Å²) in [4.78, 5) is 0. The van der Waals surface area contributed by atoms with Crippen molar-refractivity contribution < 1.29 is 42.2 Å². The quantitative estimate of drug-likeness (QED) is 0.499. The van der Waals surface area contributed by atoms with E-state index in [4.69, 9.17) is 15.9 Å². The van der Waals surface area contributed by atoms with Crippen molar-refractivity contribution in [3.05, 3.63) is 48.2 Å². The van der Waals surface area contributed by atoms with Crippen molar-refractivity contribution in [2.45, 2.75) is 6.42 Å². The summed E-state index contributed by atoms with van der Waals surface area (Å²) in [6.07, 6.45) is 9.41. The normalized spacial score (nSPS) is 17.0. The Morgan fingerprint density at radius 3 is 2.67 bits per heavy atom. The number of ether oxygens (including phenoxy) is 2. The molecule has 1 aliphatic heterocycles. The van der Waals surface area contributed by atoms with E-state index in [0.29, 0.717) is 19.6 Å². The van der Waals surface area contributed by atoms with E-state index >= 15 is 0 Å². The van der Waals surface area contributed by atoms with E-state index in [2.05, 4.69) is 23.9 Å². The average Bonchev–Trinajstić information content (AvgIpc) is 2.48. The molecule has 0 bridgehead atoms. The van der Waals surface area contributed by atoms with Crippen LogP contribution >= 0.6 is 0 Å². The van der Waals surface area contributed by atoms with Gasteiger partial charge in [0, 0.05) is 51.4 Å². The Morgan fingerprint density at radius 2 is 2.10 bits per heavy atom. The van der Waals surface area contributed by atoms with Crippen LogP contribution in [0.2, 0.25) is 0 Å². The zero-order valence-electron chi connectivity index (χ0n) is 12.2. The third kappa shape index (κ3) is 5.00. The smallest absolute Gasteiger partial charge is 0.116 e. The molecule has 2 rings (SSSR count). The van der Waals surface area contributed by atoms with Crippen LogP contribution in [-0.2, 0) is 37.4 Å². The van der Waals surface area contributed by atoms with Crippen LogP contribution in [0.5, 0.6) is 5.75 Å². The number of hydrogen-bond donors (Lipinski definition) is 1. The van der Waals surface area contributed by atoms with Gasteiger partial charge in [-0.1, -0.05) is 18.9 Å². The van der Waals surface area contributed by atoms with Crippen LogP contribution in [-0.4, -0.2) is 20.3 Å². The maximum absolute atomic E-state index is 5.53. The van der Waals surface area contributed by atoms with Crippen molar-refractivity contribution in [2.24, 2.45) is 5.92 Å². The van der Waals surface area contributed by atoms with E-state index in [1.165, 1.54) is 0 Å². The summed E-state index contributed by atoms with van der Waals surface area (Å²) < 4.78 is 10.5. The standard InChI is InChI=1S/C17H18NO2.Y/c1-4-14-7-10-17(18-13(14)2)15-5-8-16(9-6-15)20-12-11-19-3;/h1,5-6,8-9,14,18H,2,7,11-12H2,3H3;/q-1;. The summed E-state index contributed by atoms with van der Waals surface area (Å²) in [6.45, 7) is 5.08. The van der Waals surface area contributed by atoms with Crippen molar-refractivity contribution in [3.63, 3.8) is 0 Å². The predicted octanol–water partition coefficient (Wildman–Crippen LogP) is 2.61. The minimum absolute atomic E-state index is 0. The fourth-order valence-corrected chi connectivity index (χ4v) is 1.91. The van der Waals surface area contributed by atoms with Gasteiger partial charge in [0.05, 0.1) is 6.61 Å². The van der Waals surface area contributed by atoms with Crippen LogP contribution in [0, 0.1) is 24.3 Å². The molecule has 1 heterocycles. The van der Waals surface area contributed by atoms with Gasteiger partial charge in [0.2, 0.25) is 0 Å². The fraction of sp³-hybridized carbons (Fsp3) is 0.294. The fourth-order valence-electron chi connectivity index (χ4n) is 1.91. The molecule has 0 saturated carbocycles. The molecule has 0 spiro atoms. The first-order valence-corrected chi connectivity index (χ1v) is 6.49. The van der Waals surface area contributed by atoms with Gasteiger partial charge in [-0.2, -0.15) is 5.56 Å². The van der Waals surface area contributed by atoms with E-state index in [9.17, 15) is 0 Å². The van der Waals surface area contributed by atoms with Crippen LogP contribution < -0.4 is 10.1 Å².